The number of piperazine rings is 2. The lowest BCUT2D eigenvalue weighted by molar-refractivity contribution is -0.162. The van der Waals surface area contributed by atoms with Crippen molar-refractivity contribution in [1.82, 2.24) is 25.3 Å². The highest BCUT2D eigenvalue weighted by Gasteiger charge is 2.52. The molecule has 3 fully saturated rings. The molecule has 0 radical (unpaired) electrons. The topological polar surface area (TPSA) is 123 Å². The molecule has 3 aliphatic heterocycles. The number of ether oxygens (including phenoxy) is 1. The highest BCUT2D eigenvalue weighted by molar-refractivity contribution is 5.99. The summed E-state index contributed by atoms with van der Waals surface area (Å²) in [7, 11) is 1.55. The zero-order valence-corrected chi connectivity index (χ0v) is 19.0. The molecule has 6 amide bonds. The Kier molecular flexibility index (Phi) is 6.30. The fourth-order valence-corrected chi connectivity index (χ4v) is 4.64. The molecule has 11 heteroatoms. The number of urea groups is 2. The first-order chi connectivity index (χ1) is 15.8. The van der Waals surface area contributed by atoms with Gasteiger partial charge in [-0.1, -0.05) is 6.07 Å². The number of fused-ring (bicyclic) bond motifs is 2. The first-order valence-corrected chi connectivity index (χ1v) is 11.1. The van der Waals surface area contributed by atoms with Gasteiger partial charge in [0.15, 0.2) is 0 Å². The van der Waals surface area contributed by atoms with Gasteiger partial charge in [-0.2, -0.15) is 0 Å². The number of amides is 6. The Balaban J connectivity index is 1.40. The van der Waals surface area contributed by atoms with Crippen molar-refractivity contribution in [2.75, 3.05) is 38.6 Å². The zero-order chi connectivity index (χ0) is 23.7. The highest BCUT2D eigenvalue weighted by atomic mass is 16.5. The molecule has 0 aromatic heterocycles. The molecule has 3 aliphatic rings. The Morgan fingerprint density at radius 1 is 1.06 bits per heavy atom. The molecule has 3 unspecified atom stereocenters. The number of benzene rings is 1. The van der Waals surface area contributed by atoms with E-state index < -0.39 is 12.1 Å². The summed E-state index contributed by atoms with van der Waals surface area (Å²) in [6, 6.07) is 4.76. The van der Waals surface area contributed by atoms with E-state index in [1.807, 2.05) is 13.8 Å². The number of nitrogens with one attached hydrogen (secondary N) is 3. The maximum Gasteiger partial charge on any atom is 0.321 e. The van der Waals surface area contributed by atoms with E-state index in [9.17, 15) is 19.2 Å². The third-order valence-corrected chi connectivity index (χ3v) is 6.18. The summed E-state index contributed by atoms with van der Waals surface area (Å²) in [5.41, 5.74) is 0.584. The molecule has 3 N–H and O–H groups in total. The maximum atomic E-state index is 13.2. The van der Waals surface area contributed by atoms with Gasteiger partial charge in [-0.25, -0.2) is 9.59 Å². The molecule has 0 aliphatic carbocycles. The zero-order valence-electron chi connectivity index (χ0n) is 19.0. The SMILES string of the molecule is COc1cccc(NC(=O)N2CCN3C(=O)C4CC(NC(=O)NC(C)C)CN4C(=O)C3C2)c1. The number of rotatable bonds is 4. The van der Waals surface area contributed by atoms with Crippen molar-refractivity contribution in [1.29, 1.82) is 0 Å². The molecular weight excluding hydrogens is 428 g/mol. The lowest BCUT2D eigenvalue weighted by Gasteiger charge is -2.47. The average molecular weight is 459 g/mol. The second-order valence-corrected chi connectivity index (χ2v) is 8.87. The van der Waals surface area contributed by atoms with Gasteiger partial charge >= 0.3 is 12.1 Å². The Labute approximate surface area is 192 Å². The van der Waals surface area contributed by atoms with Crippen LogP contribution in [0.2, 0.25) is 0 Å². The fraction of sp³-hybridized carbons (Fsp3) is 0.545. The molecule has 1 aromatic carbocycles. The van der Waals surface area contributed by atoms with Gasteiger partial charge in [0, 0.05) is 37.4 Å². The molecule has 0 spiro atoms. The molecule has 3 heterocycles. The number of carbonyl (C=O) groups is 4. The quantitative estimate of drug-likeness (QED) is 0.604. The van der Waals surface area contributed by atoms with Crippen LogP contribution >= 0.6 is 0 Å². The highest BCUT2D eigenvalue weighted by Crippen LogP contribution is 2.29. The average Bonchev–Trinajstić information content (AvgIpc) is 3.20. The number of nitrogens with zero attached hydrogens (tertiary/aromatic N) is 3. The third kappa shape index (κ3) is 4.67. The second kappa shape index (κ2) is 9.16. The molecule has 33 heavy (non-hydrogen) atoms. The van der Waals surface area contributed by atoms with E-state index in [1.54, 1.807) is 46.1 Å². The molecule has 11 nitrogen and oxygen atoms in total. The van der Waals surface area contributed by atoms with Crippen LogP contribution in [-0.2, 0) is 9.59 Å². The van der Waals surface area contributed by atoms with Crippen LogP contribution in [0, 0.1) is 0 Å². The summed E-state index contributed by atoms with van der Waals surface area (Å²) in [4.78, 5) is 55.9. The number of methoxy groups -OCH3 is 1. The number of anilines is 1. The molecule has 0 bridgehead atoms. The van der Waals surface area contributed by atoms with E-state index in [4.69, 9.17) is 4.74 Å². The summed E-state index contributed by atoms with van der Waals surface area (Å²) in [5, 5.41) is 8.44. The van der Waals surface area contributed by atoms with E-state index in [-0.39, 0.29) is 55.6 Å². The standard InChI is InChI=1S/C22H30N6O5/c1-13(2)23-21(31)24-15-10-17-19(29)27-8-7-26(12-18(27)20(30)28(17)11-15)22(32)25-14-5-4-6-16(9-14)33-3/h4-6,9,13,15,17-18H,7-8,10-12H2,1-3H3,(H,25,32)(H2,23,24,31). The molecule has 4 rings (SSSR count). The minimum atomic E-state index is -0.721. The minimum Gasteiger partial charge on any atom is -0.497 e. The summed E-state index contributed by atoms with van der Waals surface area (Å²) in [5.74, 6) is 0.309. The molecule has 3 saturated heterocycles. The summed E-state index contributed by atoms with van der Waals surface area (Å²) < 4.78 is 5.18. The van der Waals surface area contributed by atoms with Crippen molar-refractivity contribution >= 4 is 29.6 Å². The Morgan fingerprint density at radius 2 is 1.82 bits per heavy atom. The van der Waals surface area contributed by atoms with Crippen LogP contribution in [0.15, 0.2) is 24.3 Å². The van der Waals surface area contributed by atoms with Crippen LogP contribution < -0.4 is 20.7 Å². The van der Waals surface area contributed by atoms with Crippen molar-refractivity contribution < 1.29 is 23.9 Å². The van der Waals surface area contributed by atoms with Crippen LogP contribution in [0.5, 0.6) is 5.75 Å². The second-order valence-electron chi connectivity index (χ2n) is 8.87. The normalized spacial score (nSPS) is 24.4. The molecule has 0 saturated carbocycles. The van der Waals surface area contributed by atoms with Crippen molar-refractivity contribution in [2.45, 2.75) is 44.4 Å². The summed E-state index contributed by atoms with van der Waals surface area (Å²) in [6.07, 6.45) is 0.388. The Bertz CT molecular complexity index is 953. The van der Waals surface area contributed by atoms with Crippen LogP contribution in [0.4, 0.5) is 15.3 Å². The van der Waals surface area contributed by atoms with Gasteiger partial charge in [-0.15, -0.1) is 0 Å². The van der Waals surface area contributed by atoms with Crippen LogP contribution in [0.25, 0.3) is 0 Å². The van der Waals surface area contributed by atoms with Crippen molar-refractivity contribution in [3.63, 3.8) is 0 Å². The van der Waals surface area contributed by atoms with E-state index in [0.29, 0.717) is 24.4 Å². The van der Waals surface area contributed by atoms with E-state index in [2.05, 4.69) is 16.0 Å². The van der Waals surface area contributed by atoms with Crippen molar-refractivity contribution in [3.8, 4) is 5.75 Å². The Morgan fingerprint density at radius 3 is 2.55 bits per heavy atom. The lowest BCUT2D eigenvalue weighted by Crippen LogP contribution is -2.69. The Hall–Kier alpha value is -3.50. The largest absolute Gasteiger partial charge is 0.497 e. The van der Waals surface area contributed by atoms with E-state index in [0.717, 1.165) is 0 Å². The van der Waals surface area contributed by atoms with Gasteiger partial charge < -0.3 is 35.4 Å². The van der Waals surface area contributed by atoms with Gasteiger partial charge in [0.2, 0.25) is 11.8 Å². The first kappa shape index (κ1) is 22.7. The van der Waals surface area contributed by atoms with Crippen LogP contribution in [0.1, 0.15) is 20.3 Å². The summed E-state index contributed by atoms with van der Waals surface area (Å²) >= 11 is 0. The van der Waals surface area contributed by atoms with Crippen LogP contribution in [-0.4, -0.2) is 96.0 Å². The summed E-state index contributed by atoms with van der Waals surface area (Å²) in [6.45, 7) is 4.74. The van der Waals surface area contributed by atoms with Gasteiger partial charge in [-0.3, -0.25) is 9.59 Å². The number of hydrogen-bond donors (Lipinski definition) is 3. The predicted molar refractivity (Wildman–Crippen MR) is 120 cm³/mol. The molecular formula is C22H30N6O5. The van der Waals surface area contributed by atoms with Gasteiger partial charge in [0.25, 0.3) is 0 Å². The molecule has 1 aromatic rings. The molecule has 3 atom stereocenters. The lowest BCUT2D eigenvalue weighted by atomic mass is 10.0. The van der Waals surface area contributed by atoms with Crippen molar-refractivity contribution in [2.24, 2.45) is 0 Å². The van der Waals surface area contributed by atoms with E-state index in [1.165, 1.54) is 0 Å². The minimum absolute atomic E-state index is 0.0136. The van der Waals surface area contributed by atoms with Crippen molar-refractivity contribution in [3.05, 3.63) is 24.3 Å². The number of hydrogen-bond acceptors (Lipinski definition) is 5. The first-order valence-electron chi connectivity index (χ1n) is 11.1. The molecule has 178 valence electrons. The van der Waals surface area contributed by atoms with E-state index >= 15 is 0 Å². The van der Waals surface area contributed by atoms with Gasteiger partial charge in [-0.05, 0) is 32.4 Å². The van der Waals surface area contributed by atoms with Crippen LogP contribution in [0.3, 0.4) is 0 Å². The predicted octanol–water partition coefficient (Wildman–Crippen LogP) is 0.431. The fourth-order valence-electron chi connectivity index (χ4n) is 4.64. The third-order valence-electron chi connectivity index (χ3n) is 6.18. The number of carbonyl (C=O) groups excluding carboxylic acids is 4. The van der Waals surface area contributed by atoms with Gasteiger partial charge in [0.05, 0.1) is 19.7 Å². The van der Waals surface area contributed by atoms with Gasteiger partial charge in [0.1, 0.15) is 17.8 Å². The smallest absolute Gasteiger partial charge is 0.321 e. The maximum absolute atomic E-state index is 13.2. The monoisotopic (exact) mass is 458 g/mol.